The van der Waals surface area contributed by atoms with Gasteiger partial charge in [0, 0.05) is 12.6 Å². The first-order valence-electron chi connectivity index (χ1n) is 4.95. The molecule has 2 atom stereocenters. The van der Waals surface area contributed by atoms with Gasteiger partial charge in [0.1, 0.15) is 0 Å². The van der Waals surface area contributed by atoms with E-state index in [1.165, 1.54) is 12.1 Å². The Labute approximate surface area is 89.3 Å². The average molecular weight is 211 g/mol. The quantitative estimate of drug-likeness (QED) is 0.660. The molecule has 4 nitrogen and oxygen atoms in total. The van der Waals surface area contributed by atoms with Crippen LogP contribution in [0.15, 0.2) is 18.2 Å². The highest BCUT2D eigenvalue weighted by molar-refractivity contribution is 5.41. The fourth-order valence-electron chi connectivity index (χ4n) is 1.45. The van der Waals surface area contributed by atoms with Crippen molar-refractivity contribution in [3.63, 3.8) is 0 Å². The lowest BCUT2D eigenvalue weighted by Gasteiger charge is -2.21. The van der Waals surface area contributed by atoms with Crippen molar-refractivity contribution in [1.29, 1.82) is 0 Å². The van der Waals surface area contributed by atoms with E-state index in [2.05, 4.69) is 0 Å². The summed E-state index contributed by atoms with van der Waals surface area (Å²) >= 11 is 0. The molecule has 0 spiro atoms. The topological polar surface area (TPSA) is 75.7 Å². The van der Waals surface area contributed by atoms with Crippen LogP contribution >= 0.6 is 0 Å². The molecule has 0 bridgehead atoms. The van der Waals surface area contributed by atoms with Crippen LogP contribution in [0.1, 0.15) is 25.5 Å². The Kier molecular flexibility index (Phi) is 3.94. The van der Waals surface area contributed by atoms with Crippen molar-refractivity contribution in [2.45, 2.75) is 26.0 Å². The maximum Gasteiger partial charge on any atom is 0.157 e. The Morgan fingerprint density at radius 2 is 2.00 bits per heavy atom. The predicted octanol–water partition coefficient (Wildman–Crippen LogP) is 1.52. The molecule has 1 aromatic rings. The van der Waals surface area contributed by atoms with Crippen molar-refractivity contribution in [3.05, 3.63) is 23.8 Å². The smallest absolute Gasteiger partial charge is 0.157 e. The summed E-state index contributed by atoms with van der Waals surface area (Å²) in [6.07, 6.45) is -0.263. The fraction of sp³-hybridized carbons (Fsp3) is 0.455. The van der Waals surface area contributed by atoms with Crippen LogP contribution in [0.25, 0.3) is 0 Å². The summed E-state index contributed by atoms with van der Waals surface area (Å²) in [5.74, 6) is -0.295. The minimum Gasteiger partial charge on any atom is -0.504 e. The Bertz CT molecular complexity index is 326. The van der Waals surface area contributed by atoms with Gasteiger partial charge in [0.15, 0.2) is 11.5 Å². The van der Waals surface area contributed by atoms with Gasteiger partial charge in [-0.15, -0.1) is 0 Å². The fourth-order valence-corrected chi connectivity index (χ4v) is 1.45. The molecule has 0 heterocycles. The molecule has 0 saturated heterocycles. The van der Waals surface area contributed by atoms with Gasteiger partial charge in [0.25, 0.3) is 0 Å². The second-order valence-corrected chi connectivity index (χ2v) is 3.48. The van der Waals surface area contributed by atoms with Gasteiger partial charge in [0.05, 0.1) is 6.10 Å². The molecule has 4 N–H and O–H groups in total. The molecule has 1 aromatic carbocycles. The number of hydrogen-bond acceptors (Lipinski definition) is 4. The van der Waals surface area contributed by atoms with Gasteiger partial charge in [-0.1, -0.05) is 6.07 Å². The largest absolute Gasteiger partial charge is 0.504 e. The number of benzene rings is 1. The number of rotatable bonds is 4. The van der Waals surface area contributed by atoms with E-state index in [-0.39, 0.29) is 23.6 Å². The number of phenols is 2. The van der Waals surface area contributed by atoms with Crippen molar-refractivity contribution in [1.82, 2.24) is 0 Å². The molecule has 4 heteroatoms. The molecule has 15 heavy (non-hydrogen) atoms. The van der Waals surface area contributed by atoms with E-state index < -0.39 is 0 Å². The van der Waals surface area contributed by atoms with Gasteiger partial charge in [0.2, 0.25) is 0 Å². The van der Waals surface area contributed by atoms with E-state index in [9.17, 15) is 10.2 Å². The summed E-state index contributed by atoms with van der Waals surface area (Å²) < 4.78 is 5.47. The molecular formula is C11H17NO3. The first kappa shape index (κ1) is 11.8. The minimum atomic E-state index is -0.263. The number of ether oxygens (including phenoxy) is 1. The summed E-state index contributed by atoms with van der Waals surface area (Å²) in [7, 11) is 0. The molecule has 84 valence electrons. The lowest BCUT2D eigenvalue weighted by Crippen LogP contribution is -2.26. The first-order chi connectivity index (χ1) is 7.06. The standard InChI is InChI=1S/C11H17NO3/c1-3-15-11(7(2)12)8-4-5-9(13)10(14)6-8/h4-7,11,13-14H,3,12H2,1-2H3/t7-,11-/m1/s1. The Balaban J connectivity index is 2.95. The van der Waals surface area contributed by atoms with Crippen molar-refractivity contribution in [2.75, 3.05) is 6.61 Å². The SMILES string of the molecule is CCO[C@@H](c1ccc(O)c(O)c1)[C@@H](C)N. The monoisotopic (exact) mass is 211 g/mol. The maximum atomic E-state index is 9.35. The number of hydrogen-bond donors (Lipinski definition) is 3. The van der Waals surface area contributed by atoms with E-state index in [0.29, 0.717) is 6.61 Å². The molecule has 0 aliphatic rings. The second kappa shape index (κ2) is 5.00. The van der Waals surface area contributed by atoms with E-state index in [1.807, 2.05) is 13.8 Å². The summed E-state index contributed by atoms with van der Waals surface area (Å²) in [6.45, 7) is 4.27. The normalized spacial score (nSPS) is 14.9. The maximum absolute atomic E-state index is 9.35. The van der Waals surface area contributed by atoms with E-state index in [4.69, 9.17) is 10.5 Å². The van der Waals surface area contributed by atoms with Gasteiger partial charge in [-0.25, -0.2) is 0 Å². The molecule has 0 radical (unpaired) electrons. The molecule has 0 saturated carbocycles. The van der Waals surface area contributed by atoms with Crippen molar-refractivity contribution in [3.8, 4) is 11.5 Å². The lowest BCUT2D eigenvalue weighted by molar-refractivity contribution is 0.0473. The van der Waals surface area contributed by atoms with E-state index >= 15 is 0 Å². The van der Waals surface area contributed by atoms with Gasteiger partial charge in [-0.05, 0) is 31.5 Å². The molecule has 0 aromatic heterocycles. The predicted molar refractivity (Wildman–Crippen MR) is 57.8 cm³/mol. The van der Waals surface area contributed by atoms with E-state index in [0.717, 1.165) is 5.56 Å². The number of aromatic hydroxyl groups is 2. The molecule has 0 unspecified atom stereocenters. The number of phenolic OH excluding ortho intramolecular Hbond substituents is 2. The zero-order chi connectivity index (χ0) is 11.4. The molecule has 0 fully saturated rings. The van der Waals surface area contributed by atoms with Crippen molar-refractivity contribution >= 4 is 0 Å². The van der Waals surface area contributed by atoms with Gasteiger partial charge >= 0.3 is 0 Å². The third-order valence-electron chi connectivity index (χ3n) is 2.15. The molecule has 0 aliphatic carbocycles. The van der Waals surface area contributed by atoms with Crippen LogP contribution in [0.4, 0.5) is 0 Å². The van der Waals surface area contributed by atoms with Crippen LogP contribution < -0.4 is 5.73 Å². The third kappa shape index (κ3) is 2.84. The lowest BCUT2D eigenvalue weighted by atomic mass is 10.0. The zero-order valence-electron chi connectivity index (χ0n) is 8.97. The summed E-state index contributed by atoms with van der Waals surface area (Å²) in [5, 5.41) is 18.5. The molecule has 0 amide bonds. The van der Waals surface area contributed by atoms with E-state index in [1.54, 1.807) is 6.07 Å². The van der Waals surface area contributed by atoms with Gasteiger partial charge < -0.3 is 20.7 Å². The van der Waals surface area contributed by atoms with Crippen LogP contribution in [0.3, 0.4) is 0 Å². The van der Waals surface area contributed by atoms with Crippen LogP contribution in [-0.4, -0.2) is 22.9 Å². The molecular weight excluding hydrogens is 194 g/mol. The van der Waals surface area contributed by atoms with Crippen LogP contribution in [0, 0.1) is 0 Å². The van der Waals surface area contributed by atoms with Gasteiger partial charge in [-0.3, -0.25) is 0 Å². The first-order valence-corrected chi connectivity index (χ1v) is 4.95. The van der Waals surface area contributed by atoms with Crippen molar-refractivity contribution in [2.24, 2.45) is 5.73 Å². The summed E-state index contributed by atoms with van der Waals surface area (Å²) in [5.41, 5.74) is 6.54. The molecule has 0 aliphatic heterocycles. The Morgan fingerprint density at radius 1 is 1.33 bits per heavy atom. The Morgan fingerprint density at radius 3 is 2.47 bits per heavy atom. The highest BCUT2D eigenvalue weighted by Gasteiger charge is 2.17. The summed E-state index contributed by atoms with van der Waals surface area (Å²) in [4.78, 5) is 0. The highest BCUT2D eigenvalue weighted by atomic mass is 16.5. The zero-order valence-corrected chi connectivity index (χ0v) is 8.97. The second-order valence-electron chi connectivity index (χ2n) is 3.48. The molecule has 1 rings (SSSR count). The summed E-state index contributed by atoms with van der Waals surface area (Å²) in [6, 6.07) is 4.42. The average Bonchev–Trinajstić information content (AvgIpc) is 2.18. The van der Waals surface area contributed by atoms with Crippen LogP contribution in [-0.2, 0) is 4.74 Å². The van der Waals surface area contributed by atoms with Crippen molar-refractivity contribution < 1.29 is 14.9 Å². The number of nitrogens with two attached hydrogens (primary N) is 1. The van der Waals surface area contributed by atoms with Crippen LogP contribution in [0.2, 0.25) is 0 Å². The van der Waals surface area contributed by atoms with Gasteiger partial charge in [-0.2, -0.15) is 0 Å². The Hall–Kier alpha value is -1.26. The third-order valence-corrected chi connectivity index (χ3v) is 2.15. The highest BCUT2D eigenvalue weighted by Crippen LogP contribution is 2.30. The van der Waals surface area contributed by atoms with Crippen LogP contribution in [0.5, 0.6) is 11.5 Å². The minimum absolute atomic E-state index is 0.140.